The van der Waals surface area contributed by atoms with E-state index in [0.29, 0.717) is 4.05 Å². The van der Waals surface area contributed by atoms with Crippen LogP contribution in [0, 0.1) is 0 Å². The molecule has 0 saturated heterocycles. The molecule has 0 heterocycles. The predicted octanol–water partition coefficient (Wildman–Crippen LogP) is 1.60. The van der Waals surface area contributed by atoms with Crippen LogP contribution in [0.3, 0.4) is 0 Å². The van der Waals surface area contributed by atoms with Gasteiger partial charge in [-0.25, -0.2) is 0 Å². The lowest BCUT2D eigenvalue weighted by atomic mass is 11.5. The van der Waals surface area contributed by atoms with E-state index in [1.807, 2.05) is 0 Å². The molecule has 0 bridgehead atoms. The van der Waals surface area contributed by atoms with Gasteiger partial charge >= 0.3 is 0 Å². The van der Waals surface area contributed by atoms with E-state index < -0.39 is 0 Å². The van der Waals surface area contributed by atoms with Gasteiger partial charge in [-0.05, 0) is 15.8 Å². The Bertz CT molecular complexity index is 29.8. The van der Waals surface area contributed by atoms with Crippen LogP contribution in [0.5, 0.6) is 0 Å². The Morgan fingerprint density at radius 3 is 1.33 bits per heavy atom. The minimum atomic E-state index is 0.710. The molecular formula is CH3Cl3N2. The molecule has 0 saturated carbocycles. The van der Waals surface area contributed by atoms with Gasteiger partial charge in [0.05, 0.1) is 0 Å². The van der Waals surface area contributed by atoms with Gasteiger partial charge in [-0.2, -0.15) is 0 Å². The van der Waals surface area contributed by atoms with Gasteiger partial charge in [0, 0.05) is 30.6 Å². The zero-order valence-electron chi connectivity index (χ0n) is 3.03. The molecule has 0 aromatic rings. The molecule has 0 fully saturated rings. The highest BCUT2D eigenvalue weighted by atomic mass is 35.5. The van der Waals surface area contributed by atoms with Crippen LogP contribution < -0.4 is 0 Å². The highest BCUT2D eigenvalue weighted by Gasteiger charge is 1.95. The third-order valence-electron chi connectivity index (χ3n) is 0.208. The summed E-state index contributed by atoms with van der Waals surface area (Å²) < 4.78 is 1.71. The third-order valence-corrected chi connectivity index (χ3v) is 0.968. The van der Waals surface area contributed by atoms with Crippen molar-refractivity contribution in [1.82, 2.24) is 8.58 Å². The first-order valence-electron chi connectivity index (χ1n) is 1.15. The maximum atomic E-state index is 5.11. The molecular weight excluding hydrogens is 146 g/mol. The van der Waals surface area contributed by atoms with Gasteiger partial charge < -0.3 is 0 Å². The summed E-state index contributed by atoms with van der Waals surface area (Å²) in [4.78, 5) is 0. The van der Waals surface area contributed by atoms with E-state index in [0.717, 1.165) is 4.53 Å². The second-order valence-corrected chi connectivity index (χ2v) is 1.96. The molecule has 0 rings (SSSR count). The second-order valence-electron chi connectivity index (χ2n) is 0.660. The summed E-state index contributed by atoms with van der Waals surface area (Å²) in [5.41, 5.74) is 0. The normalized spacial score (nSPS) is 11.0. The molecule has 0 aliphatic heterocycles. The quantitative estimate of drug-likeness (QED) is 0.413. The van der Waals surface area contributed by atoms with E-state index in [-0.39, 0.29) is 0 Å². The molecule has 5 heteroatoms. The lowest BCUT2D eigenvalue weighted by Gasteiger charge is -2.05. The summed E-state index contributed by atoms with van der Waals surface area (Å²) in [7, 11) is 1.50. The highest BCUT2D eigenvalue weighted by Crippen LogP contribution is 2.04. The molecule has 0 aliphatic carbocycles. The second kappa shape index (κ2) is 2.88. The van der Waals surface area contributed by atoms with Gasteiger partial charge in [-0.15, -0.1) is 4.53 Å². The summed E-state index contributed by atoms with van der Waals surface area (Å²) in [5, 5.41) is 0. The first kappa shape index (κ1) is 6.79. The smallest absolute Gasteiger partial charge is 0.0211 e. The molecule has 2 nitrogen and oxygen atoms in total. The van der Waals surface area contributed by atoms with Crippen LogP contribution in [-0.4, -0.2) is 15.6 Å². The average molecular weight is 149 g/mol. The van der Waals surface area contributed by atoms with Crippen molar-refractivity contribution in [2.24, 2.45) is 0 Å². The number of rotatable bonds is 1. The van der Waals surface area contributed by atoms with Crippen molar-refractivity contribution < 1.29 is 0 Å². The lowest BCUT2D eigenvalue weighted by Crippen LogP contribution is -2.12. The zero-order valence-corrected chi connectivity index (χ0v) is 5.30. The van der Waals surface area contributed by atoms with Crippen LogP contribution in [-0.2, 0) is 0 Å². The van der Waals surface area contributed by atoms with E-state index >= 15 is 0 Å². The largest absolute Gasteiger partial charge is 0.127 e. The highest BCUT2D eigenvalue weighted by molar-refractivity contribution is 6.35. The maximum absolute atomic E-state index is 5.11. The standard InChI is InChI=1S/CH3Cl3N2/c1-5(2)6(3)4/h1H3. The van der Waals surface area contributed by atoms with Crippen molar-refractivity contribution in [2.75, 3.05) is 7.05 Å². The van der Waals surface area contributed by atoms with E-state index in [1.54, 1.807) is 0 Å². The van der Waals surface area contributed by atoms with Gasteiger partial charge in [0.15, 0.2) is 0 Å². The predicted molar refractivity (Wildman–Crippen MR) is 27.2 cm³/mol. The summed E-state index contributed by atoms with van der Waals surface area (Å²) in [6.07, 6.45) is 0. The number of hydrazine groups is 1. The first-order valence-corrected chi connectivity index (χ1v) is 2.17. The fourth-order valence-electron chi connectivity index (χ4n) is 0. The van der Waals surface area contributed by atoms with Crippen molar-refractivity contribution in [1.29, 1.82) is 0 Å². The van der Waals surface area contributed by atoms with Crippen molar-refractivity contribution in [2.45, 2.75) is 0 Å². The summed E-state index contributed by atoms with van der Waals surface area (Å²) in [6, 6.07) is 0. The van der Waals surface area contributed by atoms with Crippen molar-refractivity contribution >= 4 is 35.3 Å². The topological polar surface area (TPSA) is 6.48 Å². The van der Waals surface area contributed by atoms with Gasteiger partial charge in [0.25, 0.3) is 0 Å². The monoisotopic (exact) mass is 148 g/mol. The Labute approximate surface area is 51.5 Å². The molecule has 6 heavy (non-hydrogen) atoms. The van der Waals surface area contributed by atoms with Crippen molar-refractivity contribution in [3.8, 4) is 0 Å². The van der Waals surface area contributed by atoms with Crippen LogP contribution in [0.4, 0.5) is 0 Å². The molecule has 0 atom stereocenters. The molecule has 38 valence electrons. The Balaban J connectivity index is 2.99. The molecule has 0 N–H and O–H groups in total. The molecule has 0 radical (unpaired) electrons. The lowest BCUT2D eigenvalue weighted by molar-refractivity contribution is 0.352. The molecule has 0 aliphatic rings. The van der Waals surface area contributed by atoms with E-state index in [4.69, 9.17) is 35.3 Å². The van der Waals surface area contributed by atoms with Gasteiger partial charge in [-0.1, -0.05) is 0 Å². The summed E-state index contributed by atoms with van der Waals surface area (Å²) >= 11 is 15.1. The minimum Gasteiger partial charge on any atom is -0.127 e. The molecule has 0 aromatic heterocycles. The Morgan fingerprint density at radius 1 is 1.17 bits per heavy atom. The van der Waals surface area contributed by atoms with Gasteiger partial charge in [0.2, 0.25) is 0 Å². The zero-order chi connectivity index (χ0) is 5.15. The molecule has 0 aromatic carbocycles. The Morgan fingerprint density at radius 2 is 1.33 bits per heavy atom. The van der Waals surface area contributed by atoms with Crippen LogP contribution >= 0.6 is 35.3 Å². The molecule has 0 unspecified atom stereocenters. The van der Waals surface area contributed by atoms with E-state index in [9.17, 15) is 0 Å². The third kappa shape index (κ3) is 3.00. The van der Waals surface area contributed by atoms with Crippen LogP contribution in [0.15, 0.2) is 0 Å². The maximum Gasteiger partial charge on any atom is 0.0211 e. The Hall–Kier alpha value is 0.790. The minimum absolute atomic E-state index is 0.710. The van der Waals surface area contributed by atoms with Crippen molar-refractivity contribution in [3.05, 3.63) is 0 Å². The van der Waals surface area contributed by atoms with E-state index in [1.165, 1.54) is 7.05 Å². The number of hydrogen-bond donors (Lipinski definition) is 0. The van der Waals surface area contributed by atoms with E-state index in [2.05, 4.69) is 0 Å². The van der Waals surface area contributed by atoms with Gasteiger partial charge in [-0.3, -0.25) is 0 Å². The van der Waals surface area contributed by atoms with Crippen LogP contribution in [0.2, 0.25) is 0 Å². The van der Waals surface area contributed by atoms with Crippen molar-refractivity contribution in [3.63, 3.8) is 0 Å². The average Bonchev–Trinajstić information content (AvgIpc) is 1.36. The molecule has 0 amide bonds. The Kier molecular flexibility index (Phi) is 3.26. The number of nitrogens with zero attached hydrogens (tertiary/aromatic N) is 2. The van der Waals surface area contributed by atoms with Crippen LogP contribution in [0.25, 0.3) is 0 Å². The van der Waals surface area contributed by atoms with Crippen LogP contribution in [0.1, 0.15) is 0 Å². The SMILES string of the molecule is CN(Cl)N(Cl)Cl. The fraction of sp³-hybridized carbons (Fsp3) is 1.00. The number of hydrogen-bond acceptors (Lipinski definition) is 2. The fourth-order valence-corrected chi connectivity index (χ4v) is 0. The summed E-state index contributed by atoms with van der Waals surface area (Å²) in [6.45, 7) is 0. The summed E-state index contributed by atoms with van der Waals surface area (Å²) in [5.74, 6) is 0. The molecule has 0 spiro atoms. The first-order chi connectivity index (χ1) is 2.64. The van der Waals surface area contributed by atoms with Gasteiger partial charge in [0.1, 0.15) is 0 Å². The number of halogens is 3.